The highest BCUT2D eigenvalue weighted by Crippen LogP contribution is 2.24. The fourth-order valence-electron chi connectivity index (χ4n) is 2.11. The molecule has 0 aromatic rings. The first-order valence-corrected chi connectivity index (χ1v) is 6.61. The van der Waals surface area contributed by atoms with E-state index in [-0.39, 0.29) is 11.5 Å². The maximum atomic E-state index is 11.5. The summed E-state index contributed by atoms with van der Waals surface area (Å²) in [4.78, 5) is 13.6. The van der Waals surface area contributed by atoms with Crippen molar-refractivity contribution in [3.8, 4) is 0 Å². The number of carboxylic acid groups (broad SMARTS) is 1. The van der Waals surface area contributed by atoms with Gasteiger partial charge in [-0.1, -0.05) is 20.8 Å². The minimum absolute atomic E-state index is 0.131. The quantitative estimate of drug-likeness (QED) is 0.767. The minimum Gasteiger partial charge on any atom is -0.480 e. The van der Waals surface area contributed by atoms with Crippen LogP contribution in [0, 0.1) is 5.41 Å². The summed E-state index contributed by atoms with van der Waals surface area (Å²) in [6.45, 7) is 14.8. The van der Waals surface area contributed by atoms with Gasteiger partial charge in [-0.15, -0.1) is 0 Å². The Kier molecular flexibility index (Phi) is 5.82. The summed E-state index contributed by atoms with van der Waals surface area (Å²) in [6, 6.07) is 0.453. The van der Waals surface area contributed by atoms with Crippen molar-refractivity contribution < 1.29 is 9.90 Å². The summed E-state index contributed by atoms with van der Waals surface area (Å²) in [5, 5.41) is 12.6. The lowest BCUT2D eigenvalue weighted by Crippen LogP contribution is -2.60. The second-order valence-electron chi connectivity index (χ2n) is 6.89. The van der Waals surface area contributed by atoms with Crippen LogP contribution in [0.2, 0.25) is 0 Å². The van der Waals surface area contributed by atoms with Crippen LogP contribution in [0.5, 0.6) is 0 Å². The van der Waals surface area contributed by atoms with E-state index < -0.39 is 11.5 Å². The van der Waals surface area contributed by atoms with Crippen molar-refractivity contribution in [1.82, 2.24) is 10.2 Å². The summed E-state index contributed by atoms with van der Waals surface area (Å²) in [5.41, 5.74) is -0.783. The van der Waals surface area contributed by atoms with Gasteiger partial charge >= 0.3 is 5.97 Å². The first kappa shape index (κ1) is 17.4. The van der Waals surface area contributed by atoms with E-state index in [4.69, 9.17) is 0 Å². The van der Waals surface area contributed by atoms with Crippen LogP contribution in [0.3, 0.4) is 0 Å². The number of hydrogen-bond acceptors (Lipinski definition) is 3. The Morgan fingerprint density at radius 3 is 1.94 bits per heavy atom. The zero-order valence-electron chi connectivity index (χ0n) is 13.2. The number of carbonyl (C=O) groups is 1. The molecule has 0 aliphatic carbocycles. The molecule has 0 aliphatic rings. The van der Waals surface area contributed by atoms with Gasteiger partial charge in [-0.25, -0.2) is 0 Å². The average Bonchev–Trinajstić information content (AvgIpc) is 2.13. The molecule has 0 fully saturated rings. The molecule has 0 radical (unpaired) electrons. The number of nitrogens with one attached hydrogen (secondary N) is 1. The summed E-state index contributed by atoms with van der Waals surface area (Å²) < 4.78 is 0. The lowest BCUT2D eigenvalue weighted by atomic mass is 9.86. The smallest absolute Gasteiger partial charge is 0.324 e. The lowest BCUT2D eigenvalue weighted by Gasteiger charge is -2.40. The average molecular weight is 258 g/mol. The summed E-state index contributed by atoms with van der Waals surface area (Å²) in [7, 11) is 1.99. The molecule has 0 saturated carbocycles. The Morgan fingerprint density at radius 2 is 1.67 bits per heavy atom. The van der Waals surface area contributed by atoms with Crippen molar-refractivity contribution in [1.29, 1.82) is 0 Å². The molecule has 4 nitrogen and oxygen atoms in total. The lowest BCUT2D eigenvalue weighted by molar-refractivity contribution is -0.145. The van der Waals surface area contributed by atoms with E-state index in [0.717, 1.165) is 0 Å². The second-order valence-corrected chi connectivity index (χ2v) is 6.89. The highest BCUT2D eigenvalue weighted by Gasteiger charge is 2.37. The SMILES string of the molecule is CC(C)NC(C)(CN(C)C(C)C(C)(C)C)C(=O)O. The number of hydrogen-bond donors (Lipinski definition) is 2. The van der Waals surface area contributed by atoms with E-state index in [1.165, 1.54) is 0 Å². The van der Waals surface area contributed by atoms with Crippen LogP contribution in [-0.2, 0) is 4.79 Å². The van der Waals surface area contributed by atoms with E-state index in [2.05, 4.69) is 37.9 Å². The van der Waals surface area contributed by atoms with Gasteiger partial charge in [-0.05, 0) is 40.2 Å². The van der Waals surface area contributed by atoms with Crippen molar-refractivity contribution in [3.63, 3.8) is 0 Å². The number of carboxylic acids is 1. The molecule has 0 amide bonds. The molecular weight excluding hydrogens is 228 g/mol. The molecule has 18 heavy (non-hydrogen) atoms. The van der Waals surface area contributed by atoms with E-state index >= 15 is 0 Å². The van der Waals surface area contributed by atoms with Gasteiger partial charge in [0, 0.05) is 18.6 Å². The van der Waals surface area contributed by atoms with Crippen molar-refractivity contribution in [2.75, 3.05) is 13.6 Å². The van der Waals surface area contributed by atoms with Gasteiger partial charge in [0.15, 0.2) is 0 Å². The normalized spacial score (nSPS) is 17.9. The monoisotopic (exact) mass is 258 g/mol. The summed E-state index contributed by atoms with van der Waals surface area (Å²) >= 11 is 0. The van der Waals surface area contributed by atoms with E-state index in [1.54, 1.807) is 6.92 Å². The topological polar surface area (TPSA) is 52.6 Å². The van der Waals surface area contributed by atoms with Crippen molar-refractivity contribution in [3.05, 3.63) is 0 Å². The van der Waals surface area contributed by atoms with Crippen LogP contribution in [0.4, 0.5) is 0 Å². The Labute approximate surface area is 112 Å². The van der Waals surface area contributed by atoms with E-state index in [0.29, 0.717) is 12.6 Å². The fraction of sp³-hybridized carbons (Fsp3) is 0.929. The zero-order chi connectivity index (χ0) is 14.7. The molecule has 4 heteroatoms. The molecule has 2 unspecified atom stereocenters. The maximum absolute atomic E-state index is 11.5. The Bertz CT molecular complexity index is 284. The van der Waals surface area contributed by atoms with Crippen LogP contribution in [0.1, 0.15) is 48.5 Å². The fourth-order valence-corrected chi connectivity index (χ4v) is 2.11. The zero-order valence-corrected chi connectivity index (χ0v) is 13.2. The third-order valence-corrected chi connectivity index (χ3v) is 3.56. The van der Waals surface area contributed by atoms with Gasteiger partial charge < -0.3 is 10.0 Å². The molecule has 0 aromatic carbocycles. The standard InChI is InChI=1S/C14H30N2O2/c1-10(2)15-14(7,12(17)18)9-16(8)11(3)13(4,5)6/h10-11,15H,9H2,1-8H3,(H,17,18). The van der Waals surface area contributed by atoms with Crippen LogP contribution in [0.15, 0.2) is 0 Å². The second kappa shape index (κ2) is 6.02. The Balaban J connectivity index is 4.85. The highest BCUT2D eigenvalue weighted by atomic mass is 16.4. The molecule has 2 N–H and O–H groups in total. The predicted molar refractivity (Wildman–Crippen MR) is 75.9 cm³/mol. The Morgan fingerprint density at radius 1 is 1.22 bits per heavy atom. The van der Waals surface area contributed by atoms with Gasteiger partial charge in [-0.3, -0.25) is 10.1 Å². The number of likely N-dealkylation sites (N-methyl/N-ethyl adjacent to an activating group) is 1. The van der Waals surface area contributed by atoms with Crippen LogP contribution < -0.4 is 5.32 Å². The molecule has 0 aromatic heterocycles. The third kappa shape index (κ3) is 4.94. The molecule has 0 heterocycles. The van der Waals surface area contributed by atoms with Gasteiger partial charge in [0.2, 0.25) is 0 Å². The van der Waals surface area contributed by atoms with Gasteiger partial charge in [0.05, 0.1) is 0 Å². The summed E-state index contributed by atoms with van der Waals surface area (Å²) in [6.07, 6.45) is 0. The minimum atomic E-state index is -0.914. The molecule has 0 saturated heterocycles. The molecule has 0 rings (SSSR count). The molecule has 0 bridgehead atoms. The van der Waals surface area contributed by atoms with Crippen molar-refractivity contribution in [2.24, 2.45) is 5.41 Å². The maximum Gasteiger partial charge on any atom is 0.324 e. The predicted octanol–water partition coefficient (Wildman–Crippen LogP) is 2.19. The third-order valence-electron chi connectivity index (χ3n) is 3.56. The highest BCUT2D eigenvalue weighted by molar-refractivity contribution is 5.78. The Hall–Kier alpha value is -0.610. The van der Waals surface area contributed by atoms with Crippen molar-refractivity contribution >= 4 is 5.97 Å². The molecule has 0 spiro atoms. The van der Waals surface area contributed by atoms with Crippen LogP contribution >= 0.6 is 0 Å². The molecule has 2 atom stereocenters. The van der Waals surface area contributed by atoms with E-state index in [1.807, 2.05) is 20.9 Å². The van der Waals surface area contributed by atoms with Gasteiger partial charge in [0.1, 0.15) is 5.54 Å². The van der Waals surface area contributed by atoms with E-state index in [9.17, 15) is 9.90 Å². The molecule has 0 aliphatic heterocycles. The number of rotatable bonds is 6. The molecule has 108 valence electrons. The van der Waals surface area contributed by atoms with Gasteiger partial charge in [0.25, 0.3) is 0 Å². The van der Waals surface area contributed by atoms with Crippen LogP contribution in [-0.4, -0.2) is 47.2 Å². The van der Waals surface area contributed by atoms with Crippen molar-refractivity contribution in [2.45, 2.75) is 66.1 Å². The number of nitrogens with zero attached hydrogens (tertiary/aromatic N) is 1. The number of aliphatic carboxylic acids is 1. The molecular formula is C14H30N2O2. The largest absolute Gasteiger partial charge is 0.480 e. The first-order valence-electron chi connectivity index (χ1n) is 6.61. The van der Waals surface area contributed by atoms with Crippen LogP contribution in [0.25, 0.3) is 0 Å². The van der Waals surface area contributed by atoms with Gasteiger partial charge in [-0.2, -0.15) is 0 Å². The summed E-state index contributed by atoms with van der Waals surface area (Å²) in [5.74, 6) is -0.802. The first-order chi connectivity index (χ1) is 7.90.